The maximum Gasteiger partial charge on any atom is 0.109 e. The third-order valence-electron chi connectivity index (χ3n) is 2.15. The Labute approximate surface area is 86.6 Å². The predicted molar refractivity (Wildman–Crippen MR) is 53.7 cm³/mol. The van der Waals surface area contributed by atoms with E-state index in [2.05, 4.69) is 16.2 Å². The van der Waals surface area contributed by atoms with E-state index in [9.17, 15) is 0 Å². The van der Waals surface area contributed by atoms with Gasteiger partial charge in [0, 0.05) is 0 Å². The Morgan fingerprint density at radius 3 is 3.07 bits per heavy atom. The van der Waals surface area contributed by atoms with Gasteiger partial charge in [-0.1, -0.05) is 0 Å². The molecule has 0 fully saturated rings. The number of aromatic nitrogens is 3. The van der Waals surface area contributed by atoms with Crippen LogP contribution >= 0.6 is 0 Å². The Morgan fingerprint density at radius 1 is 1.47 bits per heavy atom. The van der Waals surface area contributed by atoms with Crippen LogP contribution in [0.15, 0.2) is 18.3 Å². The van der Waals surface area contributed by atoms with Crippen LogP contribution in [0.3, 0.4) is 0 Å². The lowest BCUT2D eigenvalue weighted by molar-refractivity contribution is 0.277. The number of aliphatic hydroxyl groups excluding tert-OH is 1. The third kappa shape index (κ3) is 1.80. The second kappa shape index (κ2) is 4.07. The molecular formula is C10H10N4O. The summed E-state index contributed by atoms with van der Waals surface area (Å²) >= 11 is 0. The zero-order valence-electron chi connectivity index (χ0n) is 8.09. The maximum absolute atomic E-state index is 8.91. The number of aliphatic hydroxyl groups is 1. The van der Waals surface area contributed by atoms with Crippen molar-refractivity contribution in [3.8, 4) is 6.07 Å². The van der Waals surface area contributed by atoms with E-state index in [1.807, 2.05) is 6.07 Å². The lowest BCUT2D eigenvalue weighted by Crippen LogP contribution is -1.99. The second-order valence-corrected chi connectivity index (χ2v) is 3.14. The summed E-state index contributed by atoms with van der Waals surface area (Å²) in [6.07, 6.45) is 2.07. The zero-order chi connectivity index (χ0) is 10.7. The Kier molecular flexibility index (Phi) is 2.61. The highest BCUT2D eigenvalue weighted by Crippen LogP contribution is 2.12. The normalized spacial score (nSPS) is 10.4. The van der Waals surface area contributed by atoms with Crippen molar-refractivity contribution in [2.45, 2.75) is 19.6 Å². The minimum atomic E-state index is -0.0701. The molecule has 1 N–H and O–H groups in total. The van der Waals surface area contributed by atoms with Crippen molar-refractivity contribution in [1.82, 2.24) is 14.8 Å². The van der Waals surface area contributed by atoms with E-state index >= 15 is 0 Å². The highest BCUT2D eigenvalue weighted by molar-refractivity contribution is 5.74. The van der Waals surface area contributed by atoms with Crippen molar-refractivity contribution >= 4 is 11.0 Å². The smallest absolute Gasteiger partial charge is 0.109 e. The van der Waals surface area contributed by atoms with E-state index in [4.69, 9.17) is 10.4 Å². The molecule has 0 saturated heterocycles. The van der Waals surface area contributed by atoms with Gasteiger partial charge >= 0.3 is 0 Å². The van der Waals surface area contributed by atoms with Gasteiger partial charge in [-0.2, -0.15) is 10.4 Å². The molecule has 0 bridgehead atoms. The fourth-order valence-corrected chi connectivity index (χ4v) is 1.43. The summed E-state index contributed by atoms with van der Waals surface area (Å²) in [5, 5.41) is 21.5. The summed E-state index contributed by atoms with van der Waals surface area (Å²) < 4.78 is 1.74. The monoisotopic (exact) mass is 202 g/mol. The van der Waals surface area contributed by atoms with E-state index in [0.29, 0.717) is 18.7 Å². The van der Waals surface area contributed by atoms with Crippen molar-refractivity contribution in [3.05, 3.63) is 24.0 Å². The molecular weight excluding hydrogens is 192 g/mol. The van der Waals surface area contributed by atoms with Crippen LogP contribution in [0.4, 0.5) is 0 Å². The molecule has 0 aliphatic rings. The molecule has 2 heterocycles. The summed E-state index contributed by atoms with van der Waals surface area (Å²) in [6, 6.07) is 5.69. The van der Waals surface area contributed by atoms with Crippen LogP contribution < -0.4 is 0 Å². The summed E-state index contributed by atoms with van der Waals surface area (Å²) in [4.78, 5) is 4.21. The molecule has 76 valence electrons. The first-order valence-corrected chi connectivity index (χ1v) is 4.64. The summed E-state index contributed by atoms with van der Waals surface area (Å²) in [7, 11) is 0. The van der Waals surface area contributed by atoms with Crippen LogP contribution in [-0.2, 0) is 13.2 Å². The van der Waals surface area contributed by atoms with Crippen molar-refractivity contribution in [3.63, 3.8) is 0 Å². The average Bonchev–Trinajstić information content (AvgIpc) is 2.68. The van der Waals surface area contributed by atoms with E-state index in [1.54, 1.807) is 16.9 Å². The number of hydrogen-bond donors (Lipinski definition) is 1. The largest absolute Gasteiger partial charge is 0.390 e. The van der Waals surface area contributed by atoms with Gasteiger partial charge in [-0.15, -0.1) is 0 Å². The van der Waals surface area contributed by atoms with Crippen molar-refractivity contribution < 1.29 is 5.11 Å². The van der Waals surface area contributed by atoms with Crippen LogP contribution in [0, 0.1) is 11.3 Å². The van der Waals surface area contributed by atoms with Gasteiger partial charge in [0.25, 0.3) is 0 Å². The summed E-state index contributed by atoms with van der Waals surface area (Å²) in [5.74, 6) is 0. The minimum Gasteiger partial charge on any atom is -0.390 e. The maximum atomic E-state index is 8.91. The molecule has 0 radical (unpaired) electrons. The molecule has 2 aromatic heterocycles. The molecule has 2 aromatic rings. The SMILES string of the molecule is N#CCCn1ncc2nc(CO)ccc21. The highest BCUT2D eigenvalue weighted by atomic mass is 16.3. The number of nitriles is 1. The summed E-state index contributed by atoms with van der Waals surface area (Å²) in [6.45, 7) is 0.499. The molecule has 0 saturated carbocycles. The molecule has 0 aliphatic heterocycles. The quantitative estimate of drug-likeness (QED) is 0.800. The molecule has 0 aliphatic carbocycles. The fraction of sp³-hybridized carbons (Fsp3) is 0.300. The van der Waals surface area contributed by atoms with Gasteiger partial charge in [-0.05, 0) is 12.1 Å². The molecule has 0 amide bonds. The molecule has 0 unspecified atom stereocenters. The van der Waals surface area contributed by atoms with E-state index < -0.39 is 0 Å². The molecule has 0 spiro atoms. The number of pyridine rings is 1. The Hall–Kier alpha value is -1.93. The van der Waals surface area contributed by atoms with Gasteiger partial charge in [0.15, 0.2) is 0 Å². The van der Waals surface area contributed by atoms with Gasteiger partial charge in [-0.3, -0.25) is 4.68 Å². The van der Waals surface area contributed by atoms with E-state index in [0.717, 1.165) is 11.0 Å². The van der Waals surface area contributed by atoms with E-state index in [-0.39, 0.29) is 6.61 Å². The highest BCUT2D eigenvalue weighted by Gasteiger charge is 2.03. The number of nitrogens with zero attached hydrogens (tertiary/aromatic N) is 4. The van der Waals surface area contributed by atoms with Gasteiger partial charge in [0.2, 0.25) is 0 Å². The molecule has 0 atom stereocenters. The van der Waals surface area contributed by atoms with Gasteiger partial charge in [-0.25, -0.2) is 4.98 Å². The fourth-order valence-electron chi connectivity index (χ4n) is 1.43. The van der Waals surface area contributed by atoms with Gasteiger partial charge < -0.3 is 5.11 Å². The first-order chi connectivity index (χ1) is 7.35. The molecule has 5 nitrogen and oxygen atoms in total. The Morgan fingerprint density at radius 2 is 2.33 bits per heavy atom. The lowest BCUT2D eigenvalue weighted by Gasteiger charge is -1.99. The Balaban J connectivity index is 2.39. The van der Waals surface area contributed by atoms with Gasteiger partial charge in [0.1, 0.15) is 5.52 Å². The van der Waals surface area contributed by atoms with Crippen LogP contribution in [-0.4, -0.2) is 19.9 Å². The van der Waals surface area contributed by atoms with Gasteiger partial charge in [0.05, 0.1) is 43.0 Å². The number of rotatable bonds is 3. The predicted octanol–water partition coefficient (Wildman–Crippen LogP) is 0.837. The Bertz CT molecular complexity index is 512. The average molecular weight is 202 g/mol. The van der Waals surface area contributed by atoms with Crippen LogP contribution in [0.25, 0.3) is 11.0 Å². The molecule has 0 aromatic carbocycles. The van der Waals surface area contributed by atoms with Crippen LogP contribution in [0.5, 0.6) is 0 Å². The number of hydrogen-bond acceptors (Lipinski definition) is 4. The van der Waals surface area contributed by atoms with E-state index in [1.165, 1.54) is 0 Å². The van der Waals surface area contributed by atoms with Crippen LogP contribution in [0.1, 0.15) is 12.1 Å². The van der Waals surface area contributed by atoms with Crippen molar-refractivity contribution in [2.75, 3.05) is 0 Å². The minimum absolute atomic E-state index is 0.0701. The van der Waals surface area contributed by atoms with Crippen molar-refractivity contribution in [1.29, 1.82) is 5.26 Å². The third-order valence-corrected chi connectivity index (χ3v) is 2.15. The van der Waals surface area contributed by atoms with Crippen LogP contribution in [0.2, 0.25) is 0 Å². The molecule has 5 heteroatoms. The second-order valence-electron chi connectivity index (χ2n) is 3.14. The first-order valence-electron chi connectivity index (χ1n) is 4.64. The topological polar surface area (TPSA) is 74.7 Å². The number of aryl methyl sites for hydroxylation is 1. The zero-order valence-corrected chi connectivity index (χ0v) is 8.09. The lowest BCUT2D eigenvalue weighted by atomic mass is 10.3. The summed E-state index contributed by atoms with van der Waals surface area (Å²) in [5.41, 5.74) is 2.27. The van der Waals surface area contributed by atoms with Crippen molar-refractivity contribution in [2.24, 2.45) is 0 Å². The molecule has 2 rings (SSSR count). The number of fused-ring (bicyclic) bond motifs is 1. The standard InChI is InChI=1S/C10H10N4O/c11-4-1-5-14-10-3-2-8(7-15)13-9(10)6-12-14/h2-3,6,15H,1,5,7H2. The first kappa shape index (κ1) is 9.62. The molecule has 15 heavy (non-hydrogen) atoms.